The Labute approximate surface area is 130 Å². The molecule has 4 nitrogen and oxygen atoms in total. The van der Waals surface area contributed by atoms with E-state index in [1.165, 1.54) is 6.33 Å². The predicted octanol–water partition coefficient (Wildman–Crippen LogP) is 3.37. The second-order valence-electron chi connectivity index (χ2n) is 4.12. The minimum absolute atomic E-state index is 0.0113. The van der Waals surface area contributed by atoms with E-state index in [-0.39, 0.29) is 12.2 Å². The van der Waals surface area contributed by atoms with E-state index in [1.807, 2.05) is 6.07 Å². The summed E-state index contributed by atoms with van der Waals surface area (Å²) in [4.78, 5) is 16.4. The molecule has 2 aromatic rings. The summed E-state index contributed by atoms with van der Waals surface area (Å²) in [6.45, 7) is 2.84. The molecule has 0 spiro atoms. The standard InChI is InChI=1S/C13H13ClIN3O/c1-2-5-18-13(16-8-17-18)7-12(19)10-6-9(14)3-4-11(10)15/h3-4,6,8H,2,5,7H2,1H3. The molecule has 0 unspecified atom stereocenters. The van der Waals surface area contributed by atoms with E-state index in [0.29, 0.717) is 16.4 Å². The summed E-state index contributed by atoms with van der Waals surface area (Å²) in [5.74, 6) is 0.708. The zero-order valence-corrected chi connectivity index (χ0v) is 13.3. The molecule has 0 saturated heterocycles. The predicted molar refractivity (Wildman–Crippen MR) is 82.5 cm³/mol. The lowest BCUT2D eigenvalue weighted by Gasteiger charge is -2.06. The molecule has 0 aliphatic rings. The van der Waals surface area contributed by atoms with Crippen molar-refractivity contribution in [2.24, 2.45) is 0 Å². The van der Waals surface area contributed by atoms with Crippen LogP contribution >= 0.6 is 34.2 Å². The first-order chi connectivity index (χ1) is 9.11. The molecule has 6 heteroatoms. The molecule has 0 radical (unpaired) electrons. The molecule has 0 saturated carbocycles. The number of aryl methyl sites for hydroxylation is 1. The molecule has 0 aliphatic carbocycles. The largest absolute Gasteiger partial charge is 0.294 e. The summed E-state index contributed by atoms with van der Waals surface area (Å²) in [5, 5.41) is 4.69. The number of hydrogen-bond donors (Lipinski definition) is 0. The van der Waals surface area contributed by atoms with Crippen LogP contribution < -0.4 is 0 Å². The minimum atomic E-state index is 0.0113. The van der Waals surface area contributed by atoms with Crippen LogP contribution in [-0.4, -0.2) is 20.5 Å². The maximum atomic E-state index is 12.3. The lowest BCUT2D eigenvalue weighted by Crippen LogP contribution is -2.12. The van der Waals surface area contributed by atoms with E-state index in [0.717, 1.165) is 16.5 Å². The molecule has 1 heterocycles. The van der Waals surface area contributed by atoms with Gasteiger partial charge in [-0.05, 0) is 47.2 Å². The van der Waals surface area contributed by atoms with E-state index < -0.39 is 0 Å². The topological polar surface area (TPSA) is 47.8 Å². The van der Waals surface area contributed by atoms with Gasteiger partial charge in [0, 0.05) is 20.7 Å². The fraction of sp³-hybridized carbons (Fsp3) is 0.308. The smallest absolute Gasteiger partial charge is 0.171 e. The zero-order valence-electron chi connectivity index (χ0n) is 10.4. The highest BCUT2D eigenvalue weighted by Crippen LogP contribution is 2.19. The maximum Gasteiger partial charge on any atom is 0.171 e. The van der Waals surface area contributed by atoms with Crippen molar-refractivity contribution in [3.05, 3.63) is 44.5 Å². The first-order valence-corrected chi connectivity index (χ1v) is 7.42. The molecule has 0 bridgehead atoms. The Bertz CT molecular complexity index is 597. The number of halogens is 2. The number of rotatable bonds is 5. The fourth-order valence-corrected chi connectivity index (χ4v) is 2.58. The molecule has 0 fully saturated rings. The van der Waals surface area contributed by atoms with E-state index in [1.54, 1.807) is 16.8 Å². The van der Waals surface area contributed by atoms with Crippen LogP contribution in [0.25, 0.3) is 0 Å². The van der Waals surface area contributed by atoms with Crippen LogP contribution in [-0.2, 0) is 13.0 Å². The summed E-state index contributed by atoms with van der Waals surface area (Å²) >= 11 is 8.07. The highest BCUT2D eigenvalue weighted by Gasteiger charge is 2.15. The van der Waals surface area contributed by atoms with E-state index in [4.69, 9.17) is 11.6 Å². The average Bonchev–Trinajstić information content (AvgIpc) is 2.80. The summed E-state index contributed by atoms with van der Waals surface area (Å²) in [5.41, 5.74) is 0.638. The Balaban J connectivity index is 2.21. The van der Waals surface area contributed by atoms with Gasteiger partial charge in [-0.15, -0.1) is 0 Å². The first-order valence-electron chi connectivity index (χ1n) is 5.96. The summed E-state index contributed by atoms with van der Waals surface area (Å²) in [6.07, 6.45) is 2.69. The number of hydrogen-bond acceptors (Lipinski definition) is 3. The van der Waals surface area contributed by atoms with Crippen molar-refractivity contribution < 1.29 is 4.79 Å². The Morgan fingerprint density at radius 3 is 3.00 bits per heavy atom. The molecular weight excluding hydrogens is 377 g/mol. The second-order valence-corrected chi connectivity index (χ2v) is 5.72. The SMILES string of the molecule is CCCn1ncnc1CC(=O)c1cc(Cl)ccc1I. The van der Waals surface area contributed by atoms with Crippen LogP contribution in [0.4, 0.5) is 0 Å². The molecule has 0 amide bonds. The lowest BCUT2D eigenvalue weighted by atomic mass is 10.1. The number of aromatic nitrogens is 3. The molecule has 0 atom stereocenters. The van der Waals surface area contributed by atoms with Crippen LogP contribution in [0.15, 0.2) is 24.5 Å². The number of Topliss-reactive ketones (excluding diaryl/α,β-unsaturated/α-hetero) is 1. The van der Waals surface area contributed by atoms with Gasteiger partial charge in [-0.25, -0.2) is 9.67 Å². The molecule has 19 heavy (non-hydrogen) atoms. The second kappa shape index (κ2) is 6.47. The Morgan fingerprint density at radius 1 is 1.47 bits per heavy atom. The number of benzene rings is 1. The van der Waals surface area contributed by atoms with Gasteiger partial charge in [0.1, 0.15) is 12.2 Å². The third-order valence-corrected chi connectivity index (χ3v) is 3.85. The minimum Gasteiger partial charge on any atom is -0.294 e. The lowest BCUT2D eigenvalue weighted by molar-refractivity contribution is 0.0988. The van der Waals surface area contributed by atoms with Gasteiger partial charge >= 0.3 is 0 Å². The van der Waals surface area contributed by atoms with Crippen molar-refractivity contribution in [1.29, 1.82) is 0 Å². The number of carbonyl (C=O) groups excluding carboxylic acids is 1. The Hall–Kier alpha value is -0.950. The maximum absolute atomic E-state index is 12.3. The highest BCUT2D eigenvalue weighted by atomic mass is 127. The number of ketones is 1. The van der Waals surface area contributed by atoms with Crippen molar-refractivity contribution in [2.45, 2.75) is 26.3 Å². The van der Waals surface area contributed by atoms with Gasteiger partial charge in [-0.2, -0.15) is 5.10 Å². The van der Waals surface area contributed by atoms with Crippen LogP contribution in [0.2, 0.25) is 5.02 Å². The molecule has 100 valence electrons. The zero-order chi connectivity index (χ0) is 13.8. The summed E-state index contributed by atoms with van der Waals surface area (Å²) in [7, 11) is 0. The van der Waals surface area contributed by atoms with E-state index in [9.17, 15) is 4.79 Å². The molecule has 1 aromatic heterocycles. The molecule has 0 N–H and O–H groups in total. The Kier molecular flexibility index (Phi) is 4.93. The normalized spacial score (nSPS) is 10.7. The van der Waals surface area contributed by atoms with Gasteiger partial charge in [0.05, 0.1) is 6.42 Å². The van der Waals surface area contributed by atoms with Crippen LogP contribution in [0, 0.1) is 3.57 Å². The van der Waals surface area contributed by atoms with Crippen LogP contribution in [0.5, 0.6) is 0 Å². The Morgan fingerprint density at radius 2 is 2.26 bits per heavy atom. The monoisotopic (exact) mass is 389 g/mol. The van der Waals surface area contributed by atoms with Crippen LogP contribution in [0.3, 0.4) is 0 Å². The average molecular weight is 390 g/mol. The molecular formula is C13H13ClIN3O. The summed E-state index contributed by atoms with van der Waals surface area (Å²) < 4.78 is 2.67. The quantitative estimate of drug-likeness (QED) is 0.582. The summed E-state index contributed by atoms with van der Waals surface area (Å²) in [6, 6.07) is 5.32. The van der Waals surface area contributed by atoms with Crippen molar-refractivity contribution in [2.75, 3.05) is 0 Å². The van der Waals surface area contributed by atoms with Gasteiger partial charge in [0.15, 0.2) is 5.78 Å². The van der Waals surface area contributed by atoms with Crippen LogP contribution in [0.1, 0.15) is 29.5 Å². The van der Waals surface area contributed by atoms with Gasteiger partial charge in [-0.1, -0.05) is 18.5 Å². The molecule has 2 rings (SSSR count). The van der Waals surface area contributed by atoms with Crippen molar-refractivity contribution in [3.63, 3.8) is 0 Å². The van der Waals surface area contributed by atoms with Crippen molar-refractivity contribution >= 4 is 40.0 Å². The highest BCUT2D eigenvalue weighted by molar-refractivity contribution is 14.1. The van der Waals surface area contributed by atoms with Gasteiger partial charge in [0.2, 0.25) is 0 Å². The number of carbonyl (C=O) groups is 1. The van der Waals surface area contributed by atoms with Gasteiger partial charge < -0.3 is 0 Å². The first kappa shape index (κ1) is 14.5. The fourth-order valence-electron chi connectivity index (χ4n) is 1.77. The third-order valence-electron chi connectivity index (χ3n) is 2.68. The third kappa shape index (κ3) is 3.54. The van der Waals surface area contributed by atoms with E-state index in [2.05, 4.69) is 39.6 Å². The molecule has 1 aromatic carbocycles. The molecule has 0 aliphatic heterocycles. The van der Waals surface area contributed by atoms with Crippen molar-refractivity contribution in [1.82, 2.24) is 14.8 Å². The van der Waals surface area contributed by atoms with Gasteiger partial charge in [-0.3, -0.25) is 4.79 Å². The van der Waals surface area contributed by atoms with Crippen molar-refractivity contribution in [3.8, 4) is 0 Å². The van der Waals surface area contributed by atoms with Gasteiger partial charge in [0.25, 0.3) is 0 Å². The van der Waals surface area contributed by atoms with E-state index >= 15 is 0 Å². The number of nitrogens with zero attached hydrogens (tertiary/aromatic N) is 3.